The Kier molecular flexibility index (Phi) is 13.1. The smallest absolute Gasteiger partial charge is 0.319 e. The molecule has 2 N–H and O–H groups in total. The van der Waals surface area contributed by atoms with Gasteiger partial charge in [-0.05, 0) is 48.2 Å². The average molecular weight is 596 g/mol. The SMILES string of the molecule is COc1cc2c(Oc3ccc(NC(=O)NCCC(C)(C)C)cc3)ccnc2cc1OCCN1CCOCC1.Cl.Cl. The van der Waals surface area contributed by atoms with Crippen LogP contribution in [0.15, 0.2) is 48.7 Å². The van der Waals surface area contributed by atoms with Gasteiger partial charge in [-0.3, -0.25) is 9.88 Å². The van der Waals surface area contributed by atoms with E-state index in [9.17, 15) is 4.79 Å². The van der Waals surface area contributed by atoms with E-state index in [1.165, 1.54) is 0 Å². The van der Waals surface area contributed by atoms with Gasteiger partial charge >= 0.3 is 6.03 Å². The largest absolute Gasteiger partial charge is 0.493 e. The zero-order valence-electron chi connectivity index (χ0n) is 23.5. The Morgan fingerprint density at radius 3 is 2.42 bits per heavy atom. The van der Waals surface area contributed by atoms with Gasteiger partial charge < -0.3 is 29.6 Å². The van der Waals surface area contributed by atoms with Gasteiger partial charge in [-0.2, -0.15) is 0 Å². The van der Waals surface area contributed by atoms with Gasteiger partial charge in [-0.15, -0.1) is 24.8 Å². The minimum atomic E-state index is -0.224. The van der Waals surface area contributed by atoms with Gasteiger partial charge in [0.1, 0.15) is 18.1 Å². The number of benzene rings is 2. The molecule has 1 aromatic heterocycles. The Hall–Kier alpha value is -2.98. The number of halogens is 2. The van der Waals surface area contributed by atoms with E-state index in [1.807, 2.05) is 42.5 Å². The van der Waals surface area contributed by atoms with E-state index in [2.05, 4.69) is 41.3 Å². The number of carbonyl (C=O) groups excluding carboxylic acids is 1. The number of fused-ring (bicyclic) bond motifs is 1. The summed E-state index contributed by atoms with van der Waals surface area (Å²) in [5, 5.41) is 6.55. The second-order valence-electron chi connectivity index (χ2n) is 10.4. The van der Waals surface area contributed by atoms with Crippen LogP contribution in [-0.2, 0) is 4.74 Å². The van der Waals surface area contributed by atoms with E-state index in [1.54, 1.807) is 13.3 Å². The van der Waals surface area contributed by atoms with Crippen LogP contribution in [0, 0.1) is 5.41 Å². The number of anilines is 1. The summed E-state index contributed by atoms with van der Waals surface area (Å²) in [6, 6.07) is 12.6. The highest BCUT2D eigenvalue weighted by Gasteiger charge is 2.15. The van der Waals surface area contributed by atoms with E-state index in [-0.39, 0.29) is 36.3 Å². The Morgan fingerprint density at radius 1 is 1.02 bits per heavy atom. The van der Waals surface area contributed by atoms with Gasteiger partial charge in [0.05, 0.1) is 25.8 Å². The molecule has 0 saturated carbocycles. The van der Waals surface area contributed by atoms with Gasteiger partial charge in [0.25, 0.3) is 0 Å². The van der Waals surface area contributed by atoms with Crippen molar-refractivity contribution in [1.29, 1.82) is 0 Å². The molecule has 3 aromatic rings. The third kappa shape index (κ3) is 9.89. The Labute approximate surface area is 248 Å². The Balaban J connectivity index is 0.00000280. The third-order valence-corrected chi connectivity index (χ3v) is 6.26. The van der Waals surface area contributed by atoms with Crippen LogP contribution in [0.25, 0.3) is 10.9 Å². The van der Waals surface area contributed by atoms with Gasteiger partial charge in [-0.25, -0.2) is 4.79 Å². The number of nitrogens with one attached hydrogen (secondary N) is 2. The lowest BCUT2D eigenvalue weighted by molar-refractivity contribution is 0.0321. The van der Waals surface area contributed by atoms with Gasteiger partial charge in [0.2, 0.25) is 0 Å². The number of ether oxygens (including phenoxy) is 4. The second kappa shape index (κ2) is 15.7. The highest BCUT2D eigenvalue weighted by Crippen LogP contribution is 2.37. The first kappa shape index (κ1) is 33.2. The minimum absolute atomic E-state index is 0. The first-order valence-corrected chi connectivity index (χ1v) is 13.0. The van der Waals surface area contributed by atoms with Crippen LogP contribution in [0.4, 0.5) is 10.5 Å². The van der Waals surface area contributed by atoms with Gasteiger partial charge in [0.15, 0.2) is 11.5 Å². The van der Waals surface area contributed by atoms with Crippen molar-refractivity contribution in [3.05, 3.63) is 48.7 Å². The zero-order valence-corrected chi connectivity index (χ0v) is 25.2. The number of nitrogens with zero attached hydrogens (tertiary/aromatic N) is 2. The van der Waals surface area contributed by atoms with Crippen molar-refractivity contribution < 1.29 is 23.7 Å². The first-order chi connectivity index (χ1) is 18.3. The lowest BCUT2D eigenvalue weighted by Crippen LogP contribution is -2.38. The highest BCUT2D eigenvalue weighted by atomic mass is 35.5. The van der Waals surface area contributed by atoms with Crippen LogP contribution in [0.1, 0.15) is 27.2 Å². The van der Waals surface area contributed by atoms with Crippen LogP contribution in [0.2, 0.25) is 0 Å². The van der Waals surface area contributed by atoms with E-state index in [0.29, 0.717) is 41.8 Å². The van der Waals surface area contributed by atoms with Crippen molar-refractivity contribution >= 4 is 47.4 Å². The predicted molar refractivity (Wildman–Crippen MR) is 163 cm³/mol. The molecule has 2 amide bonds. The lowest BCUT2D eigenvalue weighted by Gasteiger charge is -2.26. The molecule has 0 radical (unpaired) electrons. The monoisotopic (exact) mass is 594 g/mol. The molecule has 2 aromatic carbocycles. The van der Waals surface area contributed by atoms with Crippen molar-refractivity contribution in [1.82, 2.24) is 15.2 Å². The molecule has 220 valence electrons. The fourth-order valence-corrected chi connectivity index (χ4v) is 4.06. The lowest BCUT2D eigenvalue weighted by atomic mass is 9.92. The van der Waals surface area contributed by atoms with E-state index in [4.69, 9.17) is 18.9 Å². The summed E-state index contributed by atoms with van der Waals surface area (Å²) in [5.74, 6) is 2.55. The molecule has 0 aliphatic carbocycles. The molecule has 0 spiro atoms. The number of methoxy groups -OCH3 is 1. The van der Waals surface area contributed by atoms with E-state index in [0.717, 1.165) is 50.2 Å². The molecule has 1 aliphatic rings. The number of amides is 2. The summed E-state index contributed by atoms with van der Waals surface area (Å²) >= 11 is 0. The molecule has 1 saturated heterocycles. The summed E-state index contributed by atoms with van der Waals surface area (Å²) in [7, 11) is 1.62. The van der Waals surface area contributed by atoms with Crippen LogP contribution in [0.3, 0.4) is 0 Å². The molecule has 9 nitrogen and oxygen atoms in total. The minimum Gasteiger partial charge on any atom is -0.493 e. The van der Waals surface area contributed by atoms with Gasteiger partial charge in [-0.1, -0.05) is 20.8 Å². The number of pyridine rings is 1. The molecule has 0 unspecified atom stereocenters. The maximum Gasteiger partial charge on any atom is 0.319 e. The van der Waals surface area contributed by atoms with Crippen molar-refractivity contribution in [3.63, 3.8) is 0 Å². The molecule has 1 fully saturated rings. The number of hydrogen-bond acceptors (Lipinski definition) is 7. The highest BCUT2D eigenvalue weighted by molar-refractivity contribution is 5.90. The quantitative estimate of drug-likeness (QED) is 0.291. The van der Waals surface area contributed by atoms with Crippen LogP contribution in [0.5, 0.6) is 23.0 Å². The molecule has 40 heavy (non-hydrogen) atoms. The van der Waals surface area contributed by atoms with E-state index < -0.39 is 0 Å². The van der Waals surface area contributed by atoms with Crippen molar-refractivity contribution in [3.8, 4) is 23.0 Å². The van der Waals surface area contributed by atoms with Crippen LogP contribution < -0.4 is 24.8 Å². The number of morpholine rings is 1. The van der Waals surface area contributed by atoms with Crippen molar-refractivity contribution in [2.24, 2.45) is 5.41 Å². The fourth-order valence-electron chi connectivity index (χ4n) is 4.06. The number of urea groups is 1. The predicted octanol–water partition coefficient (Wildman–Crippen LogP) is 6.15. The van der Waals surface area contributed by atoms with Crippen LogP contribution >= 0.6 is 24.8 Å². The molecule has 0 bridgehead atoms. The second-order valence-corrected chi connectivity index (χ2v) is 10.4. The average Bonchev–Trinajstić information content (AvgIpc) is 2.89. The zero-order chi connectivity index (χ0) is 27.0. The summed E-state index contributed by atoms with van der Waals surface area (Å²) in [6.07, 6.45) is 2.61. The molecule has 11 heteroatoms. The molecule has 2 heterocycles. The maximum atomic E-state index is 12.2. The summed E-state index contributed by atoms with van der Waals surface area (Å²) < 4.78 is 23.2. The van der Waals surface area contributed by atoms with Crippen LogP contribution in [-0.4, -0.2) is 69.0 Å². The summed E-state index contributed by atoms with van der Waals surface area (Å²) in [4.78, 5) is 19.0. The normalized spacial score (nSPS) is 13.5. The summed E-state index contributed by atoms with van der Waals surface area (Å²) in [6.45, 7) is 11.8. The third-order valence-electron chi connectivity index (χ3n) is 6.26. The standard InChI is InChI=1S/C29H38N4O5.2ClH/c1-29(2,3)10-12-31-28(34)32-21-5-7-22(8-6-21)38-25-9-11-30-24-20-27(26(35-4)19-23(24)25)37-18-15-33-13-16-36-17-14-33;;/h5-9,11,19-20H,10,12-18H2,1-4H3,(H2,31,32,34);2*1H. The topological polar surface area (TPSA) is 94.2 Å². The number of hydrogen-bond donors (Lipinski definition) is 2. The Bertz CT molecular complexity index is 1220. The first-order valence-electron chi connectivity index (χ1n) is 13.0. The molecule has 0 atom stereocenters. The molecular weight excluding hydrogens is 555 g/mol. The molecule has 4 rings (SSSR count). The Morgan fingerprint density at radius 2 is 1.75 bits per heavy atom. The molecule has 1 aliphatic heterocycles. The van der Waals surface area contributed by atoms with E-state index >= 15 is 0 Å². The number of aromatic nitrogens is 1. The van der Waals surface area contributed by atoms with Crippen molar-refractivity contribution in [2.45, 2.75) is 27.2 Å². The fraction of sp³-hybridized carbons (Fsp3) is 0.448. The number of rotatable bonds is 10. The number of carbonyl (C=O) groups is 1. The maximum absolute atomic E-state index is 12.2. The molecular formula is C29H40Cl2N4O5. The van der Waals surface area contributed by atoms with Gasteiger partial charge in [0, 0.05) is 49.5 Å². The van der Waals surface area contributed by atoms with Crippen molar-refractivity contribution in [2.75, 3.05) is 58.4 Å². The summed E-state index contributed by atoms with van der Waals surface area (Å²) in [5.41, 5.74) is 1.60.